The van der Waals surface area contributed by atoms with Gasteiger partial charge in [-0.05, 0) is 18.9 Å². The lowest BCUT2D eigenvalue weighted by atomic mass is 10.1. The van der Waals surface area contributed by atoms with Crippen LogP contribution in [-0.2, 0) is 24.7 Å². The smallest absolute Gasteiger partial charge is 0.246 e. The lowest BCUT2D eigenvalue weighted by Gasteiger charge is -2.18. The van der Waals surface area contributed by atoms with Gasteiger partial charge in [0.2, 0.25) is 5.91 Å². The fraction of sp³-hybridized carbons (Fsp3) is 0.474. The van der Waals surface area contributed by atoms with Crippen LogP contribution in [0.4, 0.5) is 5.82 Å². The lowest BCUT2D eigenvalue weighted by molar-refractivity contribution is -0.125. The first-order valence-electron chi connectivity index (χ1n) is 9.19. The molecule has 0 spiro atoms. The van der Waals surface area contributed by atoms with Crippen LogP contribution in [0.2, 0.25) is 0 Å². The molecule has 0 aliphatic carbocycles. The third kappa shape index (κ3) is 4.47. The van der Waals surface area contributed by atoms with Crippen molar-refractivity contribution in [2.45, 2.75) is 32.6 Å². The summed E-state index contributed by atoms with van der Waals surface area (Å²) in [5, 5.41) is 7.52. The summed E-state index contributed by atoms with van der Waals surface area (Å²) in [4.78, 5) is 23.3. The Hall–Kier alpha value is -2.70. The monoisotopic (exact) mass is 354 g/mol. The molecule has 0 bridgehead atoms. The molecule has 26 heavy (non-hydrogen) atoms. The fourth-order valence-corrected chi connectivity index (χ4v) is 3.08. The van der Waals surface area contributed by atoms with E-state index in [1.807, 2.05) is 24.2 Å². The Labute approximate surface area is 154 Å². The average Bonchev–Trinajstić information content (AvgIpc) is 2.93. The van der Waals surface area contributed by atoms with Gasteiger partial charge in [0.05, 0.1) is 11.9 Å². The summed E-state index contributed by atoms with van der Waals surface area (Å²) in [6.07, 6.45) is 12.5. The van der Waals surface area contributed by atoms with E-state index in [-0.39, 0.29) is 5.91 Å². The summed E-state index contributed by atoms with van der Waals surface area (Å²) in [5.41, 5.74) is 3.12. The molecule has 0 saturated carbocycles. The molecule has 1 N–H and O–H groups in total. The van der Waals surface area contributed by atoms with Crippen LogP contribution in [0, 0.1) is 0 Å². The van der Waals surface area contributed by atoms with Crippen LogP contribution >= 0.6 is 0 Å². The largest absolute Gasteiger partial charge is 0.370 e. The second kappa shape index (κ2) is 8.60. The summed E-state index contributed by atoms with van der Waals surface area (Å²) >= 11 is 0. The normalized spacial score (nSPS) is 14.3. The van der Waals surface area contributed by atoms with Crippen molar-refractivity contribution in [3.8, 4) is 0 Å². The Bertz CT molecular complexity index is 782. The number of carbonyl (C=O) groups excluding carboxylic acids is 1. The van der Waals surface area contributed by atoms with Gasteiger partial charge in [-0.25, -0.2) is 9.97 Å². The number of carbonyl (C=O) groups is 1. The van der Waals surface area contributed by atoms with Gasteiger partial charge in [0.1, 0.15) is 12.1 Å². The van der Waals surface area contributed by atoms with Gasteiger partial charge in [0.15, 0.2) is 0 Å². The fourth-order valence-electron chi connectivity index (χ4n) is 3.08. The molecule has 7 heteroatoms. The van der Waals surface area contributed by atoms with Crippen molar-refractivity contribution in [3.05, 3.63) is 41.6 Å². The van der Waals surface area contributed by atoms with Crippen LogP contribution in [0.5, 0.6) is 0 Å². The summed E-state index contributed by atoms with van der Waals surface area (Å²) < 4.78 is 1.72. The van der Waals surface area contributed by atoms with E-state index < -0.39 is 0 Å². The zero-order valence-corrected chi connectivity index (χ0v) is 15.5. The average molecular weight is 354 g/mol. The zero-order chi connectivity index (χ0) is 18.4. The van der Waals surface area contributed by atoms with Crippen LogP contribution in [0.25, 0.3) is 6.08 Å². The van der Waals surface area contributed by atoms with Gasteiger partial charge in [-0.3, -0.25) is 9.48 Å². The van der Waals surface area contributed by atoms with Gasteiger partial charge in [-0.2, -0.15) is 5.10 Å². The first kappa shape index (κ1) is 18.1. The summed E-state index contributed by atoms with van der Waals surface area (Å²) in [6.45, 7) is 4.44. The van der Waals surface area contributed by atoms with Crippen LogP contribution in [0.1, 0.15) is 36.6 Å². The van der Waals surface area contributed by atoms with Crippen molar-refractivity contribution < 1.29 is 4.79 Å². The highest BCUT2D eigenvalue weighted by Crippen LogP contribution is 2.20. The second-order valence-electron chi connectivity index (χ2n) is 6.53. The highest BCUT2D eigenvalue weighted by molar-refractivity contribution is 5.91. The Morgan fingerprint density at radius 1 is 1.31 bits per heavy atom. The van der Waals surface area contributed by atoms with E-state index >= 15 is 0 Å². The molecule has 0 aromatic carbocycles. The summed E-state index contributed by atoms with van der Waals surface area (Å²) in [7, 11) is 1.86. The molecule has 1 amide bonds. The Balaban J connectivity index is 1.64. The van der Waals surface area contributed by atoms with E-state index in [0.29, 0.717) is 13.1 Å². The molecule has 0 fully saturated rings. The molecule has 2 aromatic rings. The van der Waals surface area contributed by atoms with E-state index in [4.69, 9.17) is 0 Å². The van der Waals surface area contributed by atoms with Gasteiger partial charge >= 0.3 is 0 Å². The van der Waals surface area contributed by atoms with Crippen LogP contribution in [0.3, 0.4) is 0 Å². The summed E-state index contributed by atoms with van der Waals surface area (Å²) in [5.74, 6) is 0.943. The molecule has 138 valence electrons. The van der Waals surface area contributed by atoms with Crippen molar-refractivity contribution in [1.82, 2.24) is 24.6 Å². The lowest BCUT2D eigenvalue weighted by Crippen LogP contribution is -2.31. The number of nitrogens with zero attached hydrogens (tertiary/aromatic N) is 5. The number of amides is 1. The van der Waals surface area contributed by atoms with Gasteiger partial charge in [-0.15, -0.1) is 0 Å². The molecule has 0 radical (unpaired) electrons. The molecule has 7 nitrogen and oxygen atoms in total. The Kier molecular flexibility index (Phi) is 5.99. The molecule has 1 aliphatic rings. The van der Waals surface area contributed by atoms with Gasteiger partial charge in [0, 0.05) is 56.5 Å². The summed E-state index contributed by atoms with van der Waals surface area (Å²) in [6, 6.07) is 0. The maximum atomic E-state index is 12.5. The highest BCUT2D eigenvalue weighted by atomic mass is 16.2. The van der Waals surface area contributed by atoms with E-state index in [1.165, 1.54) is 0 Å². The SMILES string of the molecule is CCCCNc1ncnc2c1CCN(C(=O)C=Cc1cnn(C)c1)CC2. The van der Waals surface area contributed by atoms with Gasteiger partial charge in [-0.1, -0.05) is 13.3 Å². The number of nitrogens with one attached hydrogen (secondary N) is 1. The molecular weight excluding hydrogens is 328 g/mol. The minimum Gasteiger partial charge on any atom is -0.370 e. The van der Waals surface area contributed by atoms with Crippen LogP contribution < -0.4 is 5.32 Å². The molecule has 2 aromatic heterocycles. The molecule has 1 aliphatic heterocycles. The van der Waals surface area contributed by atoms with Crippen molar-refractivity contribution in [3.63, 3.8) is 0 Å². The topological polar surface area (TPSA) is 75.9 Å². The number of aromatic nitrogens is 4. The zero-order valence-electron chi connectivity index (χ0n) is 15.5. The molecule has 3 rings (SSSR count). The second-order valence-corrected chi connectivity index (χ2v) is 6.53. The highest BCUT2D eigenvalue weighted by Gasteiger charge is 2.20. The van der Waals surface area contributed by atoms with Crippen molar-refractivity contribution in [2.24, 2.45) is 7.05 Å². The first-order chi connectivity index (χ1) is 12.7. The number of rotatable bonds is 6. The minimum absolute atomic E-state index is 0.0233. The third-order valence-corrected chi connectivity index (χ3v) is 4.56. The molecule has 0 atom stereocenters. The number of anilines is 1. The number of aryl methyl sites for hydroxylation is 1. The van der Waals surface area contributed by atoms with Crippen LogP contribution in [-0.4, -0.2) is 50.2 Å². The minimum atomic E-state index is 0.0233. The van der Waals surface area contributed by atoms with Gasteiger partial charge < -0.3 is 10.2 Å². The molecule has 0 unspecified atom stereocenters. The van der Waals surface area contributed by atoms with Crippen LogP contribution in [0.15, 0.2) is 24.8 Å². The van der Waals surface area contributed by atoms with E-state index in [2.05, 4.69) is 27.3 Å². The molecule has 3 heterocycles. The number of fused-ring (bicyclic) bond motifs is 1. The number of hydrogen-bond donors (Lipinski definition) is 1. The molecular formula is C19H26N6O. The van der Waals surface area contributed by atoms with Crippen molar-refractivity contribution >= 4 is 17.8 Å². The predicted octanol–water partition coefficient (Wildman–Crippen LogP) is 2.06. The predicted molar refractivity (Wildman–Crippen MR) is 102 cm³/mol. The quantitative estimate of drug-likeness (QED) is 0.635. The van der Waals surface area contributed by atoms with E-state index in [1.54, 1.807) is 23.3 Å². The van der Waals surface area contributed by atoms with E-state index in [9.17, 15) is 4.79 Å². The Morgan fingerprint density at radius 2 is 2.15 bits per heavy atom. The standard InChI is InChI=1S/C19H26N6O/c1-3-4-9-20-19-16-7-10-25(11-8-17(16)21-14-22-19)18(26)6-5-15-12-23-24(2)13-15/h5-6,12-14H,3-4,7-11H2,1-2H3,(H,20,21,22). The Morgan fingerprint density at radius 3 is 2.92 bits per heavy atom. The van der Waals surface area contributed by atoms with Crippen molar-refractivity contribution in [2.75, 3.05) is 25.0 Å². The molecule has 0 saturated heterocycles. The van der Waals surface area contributed by atoms with E-state index in [0.717, 1.165) is 54.9 Å². The maximum Gasteiger partial charge on any atom is 0.246 e. The first-order valence-corrected chi connectivity index (χ1v) is 9.19. The maximum absolute atomic E-state index is 12.5. The number of unbranched alkanes of at least 4 members (excludes halogenated alkanes) is 1. The third-order valence-electron chi connectivity index (χ3n) is 4.56. The van der Waals surface area contributed by atoms with Crippen molar-refractivity contribution in [1.29, 1.82) is 0 Å². The number of hydrogen-bond acceptors (Lipinski definition) is 5. The van der Waals surface area contributed by atoms with Gasteiger partial charge in [0.25, 0.3) is 0 Å².